The Morgan fingerprint density at radius 3 is 2.46 bits per heavy atom. The van der Waals surface area contributed by atoms with Gasteiger partial charge in [-0.3, -0.25) is 9.59 Å². The minimum absolute atomic E-state index is 0.0820. The van der Waals surface area contributed by atoms with Crippen molar-refractivity contribution in [3.63, 3.8) is 0 Å². The number of hydrogen-bond acceptors (Lipinski definition) is 5. The first kappa shape index (κ1) is 18.5. The summed E-state index contributed by atoms with van der Waals surface area (Å²) in [4.78, 5) is 28.2. The summed E-state index contributed by atoms with van der Waals surface area (Å²) in [6.07, 6.45) is 5.40. The van der Waals surface area contributed by atoms with Gasteiger partial charge < -0.3 is 19.1 Å². The molecule has 2 heterocycles. The van der Waals surface area contributed by atoms with Crippen molar-refractivity contribution in [3.8, 4) is 5.75 Å². The van der Waals surface area contributed by atoms with Crippen molar-refractivity contribution >= 4 is 11.8 Å². The number of amides is 2. The molecule has 2 amide bonds. The van der Waals surface area contributed by atoms with Crippen molar-refractivity contribution in [2.24, 2.45) is 5.92 Å². The summed E-state index contributed by atoms with van der Waals surface area (Å²) in [6.45, 7) is 1.93. The third kappa shape index (κ3) is 4.35. The number of piperidine rings is 1. The van der Waals surface area contributed by atoms with Crippen molar-refractivity contribution in [1.82, 2.24) is 15.0 Å². The van der Waals surface area contributed by atoms with Crippen LogP contribution in [-0.4, -0.2) is 53.0 Å². The maximum atomic E-state index is 12.5. The van der Waals surface area contributed by atoms with Gasteiger partial charge in [0.15, 0.2) is 0 Å². The van der Waals surface area contributed by atoms with E-state index in [4.69, 9.17) is 9.26 Å². The average Bonchev–Trinajstić information content (AvgIpc) is 3.45. The van der Waals surface area contributed by atoms with E-state index in [9.17, 15) is 9.59 Å². The van der Waals surface area contributed by atoms with Crippen molar-refractivity contribution in [3.05, 3.63) is 47.9 Å². The molecule has 2 aliphatic rings. The van der Waals surface area contributed by atoms with E-state index in [0.29, 0.717) is 23.7 Å². The quantitative estimate of drug-likeness (QED) is 0.767. The zero-order valence-electron chi connectivity index (χ0n) is 16.0. The normalized spacial score (nSPS) is 17.4. The Labute approximate surface area is 164 Å². The second-order valence-electron chi connectivity index (χ2n) is 7.59. The lowest BCUT2D eigenvalue weighted by Gasteiger charge is -2.32. The van der Waals surface area contributed by atoms with Crippen molar-refractivity contribution < 1.29 is 18.8 Å². The number of carbonyl (C=O) groups excluding carboxylic acids is 2. The smallest absolute Gasteiger partial charge is 0.253 e. The number of hydrogen-bond donors (Lipinski definition) is 0. The predicted octanol–water partition coefficient (Wildman–Crippen LogP) is 2.73. The SMILES string of the molecule is CN(Cc1ccon1)C(=O)c1ccc(OC2CCN(C(=O)C3CC3)CC2)cc1. The summed E-state index contributed by atoms with van der Waals surface area (Å²) in [5.41, 5.74) is 1.31. The zero-order chi connectivity index (χ0) is 19.5. The molecule has 0 unspecified atom stereocenters. The standard InChI is InChI=1S/C21H25N3O4/c1-23(14-17-10-13-27-22-17)20(25)15-4-6-18(7-5-15)28-19-8-11-24(12-9-19)21(26)16-2-3-16/h4-7,10,13,16,19H,2-3,8-9,11-12,14H2,1H3. The van der Waals surface area contributed by atoms with Crippen molar-refractivity contribution in [1.29, 1.82) is 0 Å². The molecule has 4 rings (SSSR count). The van der Waals surface area contributed by atoms with Crippen LogP contribution in [0.15, 0.2) is 41.1 Å². The number of carbonyl (C=O) groups is 2. The van der Waals surface area contributed by atoms with Crippen molar-refractivity contribution in [2.75, 3.05) is 20.1 Å². The van der Waals surface area contributed by atoms with E-state index in [0.717, 1.165) is 44.5 Å². The van der Waals surface area contributed by atoms with Gasteiger partial charge in [-0.05, 0) is 37.1 Å². The van der Waals surface area contributed by atoms with Crippen LogP contribution in [0.2, 0.25) is 0 Å². The largest absolute Gasteiger partial charge is 0.490 e. The van der Waals surface area contributed by atoms with E-state index in [2.05, 4.69) is 5.16 Å². The molecule has 1 aliphatic carbocycles. The number of ether oxygens (including phenoxy) is 1. The fraction of sp³-hybridized carbons (Fsp3) is 0.476. The molecule has 28 heavy (non-hydrogen) atoms. The Bertz CT molecular complexity index is 807. The van der Waals surface area contributed by atoms with E-state index in [-0.39, 0.29) is 17.9 Å². The van der Waals surface area contributed by atoms with Crippen LogP contribution in [-0.2, 0) is 11.3 Å². The van der Waals surface area contributed by atoms with Crippen molar-refractivity contribution in [2.45, 2.75) is 38.3 Å². The molecular weight excluding hydrogens is 358 g/mol. The maximum absolute atomic E-state index is 12.5. The van der Waals surface area contributed by atoms with E-state index in [1.54, 1.807) is 30.1 Å². The van der Waals surface area contributed by atoms with Gasteiger partial charge in [0.1, 0.15) is 23.8 Å². The highest BCUT2D eigenvalue weighted by Crippen LogP contribution is 2.32. The fourth-order valence-electron chi connectivity index (χ4n) is 3.51. The highest BCUT2D eigenvalue weighted by atomic mass is 16.5. The van der Waals surface area contributed by atoms with Gasteiger partial charge in [0.05, 0.1) is 6.54 Å². The number of aromatic nitrogens is 1. The second-order valence-corrected chi connectivity index (χ2v) is 7.59. The summed E-state index contributed by atoms with van der Waals surface area (Å²) < 4.78 is 10.9. The Morgan fingerprint density at radius 2 is 1.86 bits per heavy atom. The van der Waals surface area contributed by atoms with Crippen LogP contribution in [0.5, 0.6) is 5.75 Å². The molecule has 7 heteroatoms. The zero-order valence-corrected chi connectivity index (χ0v) is 16.0. The Morgan fingerprint density at radius 1 is 1.14 bits per heavy atom. The number of rotatable bonds is 6. The first-order chi connectivity index (χ1) is 13.6. The molecule has 0 radical (unpaired) electrons. The Kier molecular flexibility index (Phi) is 5.32. The minimum Gasteiger partial charge on any atom is -0.490 e. The monoisotopic (exact) mass is 383 g/mol. The first-order valence-electron chi connectivity index (χ1n) is 9.80. The molecule has 1 aromatic heterocycles. The highest BCUT2D eigenvalue weighted by molar-refractivity contribution is 5.94. The third-order valence-corrected chi connectivity index (χ3v) is 5.32. The summed E-state index contributed by atoms with van der Waals surface area (Å²) in [5.74, 6) is 1.27. The Balaban J connectivity index is 1.27. The van der Waals surface area contributed by atoms with Crippen LogP contribution in [0.25, 0.3) is 0 Å². The van der Waals surface area contributed by atoms with Crippen LogP contribution in [0.1, 0.15) is 41.7 Å². The number of benzene rings is 1. The minimum atomic E-state index is -0.0820. The predicted molar refractivity (Wildman–Crippen MR) is 102 cm³/mol. The summed E-state index contributed by atoms with van der Waals surface area (Å²) in [7, 11) is 1.73. The van der Waals surface area contributed by atoms with Gasteiger partial charge in [-0.25, -0.2) is 0 Å². The Hall–Kier alpha value is -2.83. The topological polar surface area (TPSA) is 75.9 Å². The lowest BCUT2D eigenvalue weighted by molar-refractivity contribution is -0.134. The van der Waals surface area contributed by atoms with Crippen LogP contribution in [0, 0.1) is 5.92 Å². The molecular formula is C21H25N3O4. The van der Waals surface area contributed by atoms with Gasteiger partial charge in [-0.15, -0.1) is 0 Å². The van der Waals surface area contributed by atoms with Gasteiger partial charge >= 0.3 is 0 Å². The van der Waals surface area contributed by atoms with Gasteiger partial charge in [0, 0.05) is 50.5 Å². The van der Waals surface area contributed by atoms with Crippen LogP contribution >= 0.6 is 0 Å². The van der Waals surface area contributed by atoms with E-state index < -0.39 is 0 Å². The molecule has 1 saturated heterocycles. The average molecular weight is 383 g/mol. The molecule has 0 atom stereocenters. The van der Waals surface area contributed by atoms with Gasteiger partial charge in [-0.1, -0.05) is 5.16 Å². The van der Waals surface area contributed by atoms with Crippen LogP contribution < -0.4 is 4.74 Å². The summed E-state index contributed by atoms with van der Waals surface area (Å²) >= 11 is 0. The third-order valence-electron chi connectivity index (χ3n) is 5.32. The van der Waals surface area contributed by atoms with E-state index in [1.807, 2.05) is 17.0 Å². The molecule has 2 aromatic rings. The molecule has 1 aliphatic heterocycles. The molecule has 0 N–H and O–H groups in total. The summed E-state index contributed by atoms with van der Waals surface area (Å²) in [5, 5.41) is 3.83. The maximum Gasteiger partial charge on any atom is 0.253 e. The number of nitrogens with zero attached hydrogens (tertiary/aromatic N) is 3. The second kappa shape index (κ2) is 8.04. The lowest BCUT2D eigenvalue weighted by atomic mass is 10.1. The van der Waals surface area contributed by atoms with E-state index in [1.165, 1.54) is 6.26 Å². The molecule has 0 spiro atoms. The molecule has 2 fully saturated rings. The molecule has 1 saturated carbocycles. The molecule has 0 bridgehead atoms. The molecule has 7 nitrogen and oxygen atoms in total. The van der Waals surface area contributed by atoms with Crippen LogP contribution in [0.4, 0.5) is 0 Å². The number of likely N-dealkylation sites (tertiary alicyclic amines) is 1. The molecule has 1 aromatic carbocycles. The fourth-order valence-corrected chi connectivity index (χ4v) is 3.51. The highest BCUT2D eigenvalue weighted by Gasteiger charge is 2.35. The lowest BCUT2D eigenvalue weighted by Crippen LogP contribution is -2.42. The first-order valence-corrected chi connectivity index (χ1v) is 9.80. The van der Waals surface area contributed by atoms with E-state index >= 15 is 0 Å². The summed E-state index contributed by atoms with van der Waals surface area (Å²) in [6, 6.07) is 8.97. The van der Waals surface area contributed by atoms with Crippen LogP contribution in [0.3, 0.4) is 0 Å². The van der Waals surface area contributed by atoms with Gasteiger partial charge in [-0.2, -0.15) is 0 Å². The van der Waals surface area contributed by atoms with Gasteiger partial charge in [0.25, 0.3) is 5.91 Å². The molecule has 148 valence electrons. The van der Waals surface area contributed by atoms with Gasteiger partial charge in [0.2, 0.25) is 5.91 Å².